The van der Waals surface area contributed by atoms with Crippen molar-refractivity contribution in [1.82, 2.24) is 5.32 Å². The van der Waals surface area contributed by atoms with E-state index in [1.54, 1.807) is 6.20 Å². The Morgan fingerprint density at radius 1 is 0.789 bits per heavy atom. The highest BCUT2D eigenvalue weighted by molar-refractivity contribution is 8.03. The topological polar surface area (TPSA) is 64.1 Å². The Kier molecular flexibility index (Phi) is 4.63. The molecule has 0 saturated carbocycles. The summed E-state index contributed by atoms with van der Waals surface area (Å²) in [7, 11) is 0. The van der Waals surface area contributed by atoms with E-state index in [1.807, 2.05) is 17.5 Å². The molecular formula is C15H17N3S. The lowest BCUT2D eigenvalue weighted by atomic mass is 10.1. The van der Waals surface area contributed by atoms with Gasteiger partial charge in [-0.1, -0.05) is 72.4 Å². The van der Waals surface area contributed by atoms with Gasteiger partial charge in [-0.3, -0.25) is 11.5 Å². The predicted molar refractivity (Wildman–Crippen MR) is 82.9 cm³/mol. The largest absolute Gasteiger partial charge is 0.352 e. The number of rotatable bonds is 1. The summed E-state index contributed by atoms with van der Waals surface area (Å²) in [5, 5.41) is 3.80. The number of hydrogen-bond donors (Lipinski definition) is 3. The molecule has 5 N–H and O–H groups in total. The molecule has 19 heavy (non-hydrogen) atoms. The van der Waals surface area contributed by atoms with Crippen LogP contribution in [0.5, 0.6) is 0 Å². The molecule has 3 nitrogen and oxygen atoms in total. The molecule has 0 bridgehead atoms. The molecule has 0 amide bonds. The van der Waals surface area contributed by atoms with E-state index in [4.69, 9.17) is 11.5 Å². The van der Waals surface area contributed by atoms with Crippen molar-refractivity contribution in [2.24, 2.45) is 11.5 Å². The van der Waals surface area contributed by atoms with Crippen molar-refractivity contribution in [1.29, 1.82) is 0 Å². The van der Waals surface area contributed by atoms with E-state index >= 15 is 0 Å². The Morgan fingerprint density at radius 3 is 1.53 bits per heavy atom. The first-order chi connectivity index (χ1) is 9.17. The zero-order chi connectivity index (χ0) is 13.6. The van der Waals surface area contributed by atoms with Crippen LogP contribution in [-0.4, -0.2) is 5.12 Å². The Hall–Kier alpha value is -1.75. The maximum atomic E-state index is 5.34. The van der Waals surface area contributed by atoms with Crippen LogP contribution >= 0.6 is 11.8 Å². The second-order valence-electron chi connectivity index (χ2n) is 4.09. The van der Waals surface area contributed by atoms with Crippen molar-refractivity contribution in [2.75, 3.05) is 0 Å². The van der Waals surface area contributed by atoms with E-state index in [1.165, 1.54) is 22.9 Å². The molecule has 0 unspecified atom stereocenters. The van der Waals surface area contributed by atoms with Crippen LogP contribution in [0.4, 0.5) is 0 Å². The van der Waals surface area contributed by atoms with Gasteiger partial charge >= 0.3 is 0 Å². The van der Waals surface area contributed by atoms with E-state index in [0.29, 0.717) is 0 Å². The van der Waals surface area contributed by atoms with Gasteiger partial charge in [0.15, 0.2) is 5.12 Å². The normalized spacial score (nSPS) is 15.3. The molecule has 98 valence electrons. The summed E-state index contributed by atoms with van der Waals surface area (Å²) in [6.07, 6.45) is 1.73. The summed E-state index contributed by atoms with van der Waals surface area (Å²) < 4.78 is 0. The van der Waals surface area contributed by atoms with Crippen LogP contribution in [0.15, 0.2) is 72.3 Å². The van der Waals surface area contributed by atoms with Crippen molar-refractivity contribution in [3.05, 3.63) is 72.3 Å². The second kappa shape index (κ2) is 6.43. The lowest BCUT2D eigenvalue weighted by molar-refractivity contribution is 0.589. The predicted octanol–water partition coefficient (Wildman–Crippen LogP) is 2.68. The molecule has 1 heterocycles. The highest BCUT2D eigenvalue weighted by Crippen LogP contribution is 2.17. The van der Waals surface area contributed by atoms with E-state index in [0.717, 1.165) is 0 Å². The third-order valence-corrected chi connectivity index (χ3v) is 3.30. The van der Waals surface area contributed by atoms with Crippen LogP contribution in [-0.2, 0) is 0 Å². The van der Waals surface area contributed by atoms with Gasteiger partial charge < -0.3 is 5.32 Å². The number of thioether (sulfide) groups is 1. The van der Waals surface area contributed by atoms with Gasteiger partial charge in [0.2, 0.25) is 0 Å². The van der Waals surface area contributed by atoms with E-state index in [-0.39, 0.29) is 0 Å². The number of benzene rings is 2. The van der Waals surface area contributed by atoms with Crippen LogP contribution in [0.2, 0.25) is 0 Å². The molecule has 3 rings (SSSR count). The van der Waals surface area contributed by atoms with Gasteiger partial charge in [0, 0.05) is 6.20 Å². The molecule has 0 aliphatic carbocycles. The first-order valence-corrected chi connectivity index (χ1v) is 6.84. The molecule has 2 aromatic rings. The highest BCUT2D eigenvalue weighted by atomic mass is 32.2. The van der Waals surface area contributed by atoms with Gasteiger partial charge in [0.1, 0.15) is 0 Å². The minimum atomic E-state index is -0.750. The van der Waals surface area contributed by atoms with Crippen LogP contribution in [0, 0.1) is 0 Å². The maximum absolute atomic E-state index is 5.34. The zero-order valence-electron chi connectivity index (χ0n) is 10.5. The quantitative estimate of drug-likeness (QED) is 0.698. The molecule has 0 aromatic heterocycles. The molecule has 1 aliphatic heterocycles. The molecule has 4 heteroatoms. The third-order valence-electron chi connectivity index (χ3n) is 2.52. The fourth-order valence-corrected chi connectivity index (χ4v) is 2.10. The van der Waals surface area contributed by atoms with Gasteiger partial charge in [-0.25, -0.2) is 0 Å². The average molecular weight is 271 g/mol. The summed E-state index contributed by atoms with van der Waals surface area (Å²) >= 11 is 1.36. The molecule has 0 atom stereocenters. The van der Waals surface area contributed by atoms with Crippen molar-refractivity contribution < 1.29 is 0 Å². The molecular weight excluding hydrogens is 254 g/mol. The molecule has 0 saturated heterocycles. The summed E-state index contributed by atoms with van der Waals surface area (Å²) in [4.78, 5) is 0. The van der Waals surface area contributed by atoms with Crippen molar-refractivity contribution >= 4 is 11.8 Å². The summed E-state index contributed by atoms with van der Waals surface area (Å²) in [5.41, 5.74) is 13.2. The molecule has 1 aliphatic rings. The number of nitrogens with one attached hydrogen (secondary N) is 1. The minimum Gasteiger partial charge on any atom is -0.352 e. The van der Waals surface area contributed by atoms with Gasteiger partial charge in [0.25, 0.3) is 0 Å². The summed E-state index contributed by atoms with van der Waals surface area (Å²) in [5.74, 6) is 0. The molecule has 0 fully saturated rings. The van der Waals surface area contributed by atoms with Gasteiger partial charge in [0.05, 0.1) is 0 Å². The van der Waals surface area contributed by atoms with Crippen LogP contribution in [0.1, 0.15) is 0 Å². The average Bonchev–Trinajstić information content (AvgIpc) is 2.86. The highest BCUT2D eigenvalue weighted by Gasteiger charge is 2.18. The first kappa shape index (κ1) is 13.7. The Labute approximate surface area is 117 Å². The van der Waals surface area contributed by atoms with Crippen LogP contribution in [0.3, 0.4) is 0 Å². The third kappa shape index (κ3) is 4.44. The molecule has 2 aromatic carbocycles. The molecule has 0 spiro atoms. The second-order valence-corrected chi connectivity index (χ2v) is 5.27. The molecule has 0 radical (unpaired) electrons. The minimum absolute atomic E-state index is 0.750. The van der Waals surface area contributed by atoms with Gasteiger partial charge in [-0.05, 0) is 16.5 Å². The Bertz CT molecular complexity index is 476. The Morgan fingerprint density at radius 2 is 1.26 bits per heavy atom. The maximum Gasteiger partial charge on any atom is 0.192 e. The smallest absolute Gasteiger partial charge is 0.192 e. The van der Waals surface area contributed by atoms with Gasteiger partial charge in [-0.2, -0.15) is 0 Å². The lowest BCUT2D eigenvalue weighted by Gasteiger charge is -2.15. The first-order valence-electron chi connectivity index (χ1n) is 5.96. The van der Waals surface area contributed by atoms with E-state index in [2.05, 4.69) is 53.8 Å². The van der Waals surface area contributed by atoms with Crippen LogP contribution in [0.25, 0.3) is 11.1 Å². The SMILES string of the molecule is NC1(N)NC=CS1.c1ccc(-c2ccccc2)cc1. The van der Waals surface area contributed by atoms with Crippen LogP contribution < -0.4 is 16.8 Å². The fourth-order valence-electron chi connectivity index (χ4n) is 1.61. The van der Waals surface area contributed by atoms with Crippen molar-refractivity contribution in [3.63, 3.8) is 0 Å². The Balaban J connectivity index is 0.000000163. The van der Waals surface area contributed by atoms with E-state index in [9.17, 15) is 0 Å². The number of hydrogen-bond acceptors (Lipinski definition) is 4. The standard InChI is InChI=1S/C12H10.C3H7N3S/c1-3-7-11(8-4-1)12-9-5-2-6-10-12;4-3(5)6-1-2-7-3/h1-10H;1-2,6H,4-5H2. The zero-order valence-corrected chi connectivity index (χ0v) is 11.3. The fraction of sp³-hybridized carbons (Fsp3) is 0.0667. The summed E-state index contributed by atoms with van der Waals surface area (Å²) in [6, 6.07) is 20.8. The van der Waals surface area contributed by atoms with Crippen molar-refractivity contribution in [3.8, 4) is 11.1 Å². The lowest BCUT2D eigenvalue weighted by Crippen LogP contribution is -2.53. The monoisotopic (exact) mass is 271 g/mol. The van der Waals surface area contributed by atoms with Crippen molar-refractivity contribution in [2.45, 2.75) is 5.12 Å². The number of nitrogens with two attached hydrogens (primary N) is 2. The van der Waals surface area contributed by atoms with Gasteiger partial charge in [-0.15, -0.1) is 0 Å². The van der Waals surface area contributed by atoms with E-state index < -0.39 is 5.12 Å². The summed E-state index contributed by atoms with van der Waals surface area (Å²) in [6.45, 7) is 0.